The number of nitrogens with zero attached hydrogens (tertiary/aromatic N) is 3. The molecule has 2 aromatic heterocycles. The highest BCUT2D eigenvalue weighted by atomic mass is 32.1. The number of carbonyl (C=O) groups excluding carboxylic acids is 4. The predicted molar refractivity (Wildman–Crippen MR) is 133 cm³/mol. The summed E-state index contributed by atoms with van der Waals surface area (Å²) in [6.07, 6.45) is 1.69. The summed E-state index contributed by atoms with van der Waals surface area (Å²) < 4.78 is 7.14. The lowest BCUT2D eigenvalue weighted by molar-refractivity contribution is 0.0474. The fourth-order valence-electron chi connectivity index (χ4n) is 4.29. The summed E-state index contributed by atoms with van der Waals surface area (Å²) >= 11 is 1.46. The van der Waals surface area contributed by atoms with Crippen LogP contribution in [0.4, 0.5) is 0 Å². The third-order valence-electron chi connectivity index (χ3n) is 6.07. The normalized spacial score (nSPS) is 12.7. The zero-order valence-electron chi connectivity index (χ0n) is 19.6. The van der Waals surface area contributed by atoms with Gasteiger partial charge in [0.25, 0.3) is 11.8 Å². The van der Waals surface area contributed by atoms with Gasteiger partial charge in [0.05, 0.1) is 23.2 Å². The SMILES string of the molecule is Cc1cc(C(=O)COC(=O)c2ccc3c(c2)C(=O)N(Cc2ccccc2)C3=O)c(C)n1-c1nccs1. The molecule has 2 aromatic carbocycles. The van der Waals surface area contributed by atoms with Crippen molar-refractivity contribution in [2.24, 2.45) is 0 Å². The Labute approximate surface area is 210 Å². The smallest absolute Gasteiger partial charge is 0.338 e. The van der Waals surface area contributed by atoms with E-state index in [0.29, 0.717) is 11.3 Å². The van der Waals surface area contributed by atoms with Crippen LogP contribution in [-0.4, -0.2) is 44.6 Å². The van der Waals surface area contributed by atoms with E-state index in [1.54, 1.807) is 12.3 Å². The maximum absolute atomic E-state index is 12.9. The zero-order chi connectivity index (χ0) is 25.4. The molecule has 0 spiro atoms. The van der Waals surface area contributed by atoms with Gasteiger partial charge in [-0.15, -0.1) is 11.3 Å². The van der Waals surface area contributed by atoms with Crippen LogP contribution in [0.1, 0.15) is 58.4 Å². The quantitative estimate of drug-likeness (QED) is 0.213. The molecule has 0 radical (unpaired) electrons. The maximum atomic E-state index is 12.9. The van der Waals surface area contributed by atoms with Crippen LogP contribution in [0.15, 0.2) is 66.2 Å². The van der Waals surface area contributed by atoms with Gasteiger partial charge in [-0.25, -0.2) is 9.78 Å². The predicted octanol–water partition coefficient (Wildman–Crippen LogP) is 4.39. The van der Waals surface area contributed by atoms with E-state index in [1.807, 2.05) is 54.1 Å². The molecule has 0 saturated heterocycles. The summed E-state index contributed by atoms with van der Waals surface area (Å²) in [6.45, 7) is 3.38. The number of hydrogen-bond acceptors (Lipinski definition) is 7. The van der Waals surface area contributed by atoms with Gasteiger partial charge in [0.15, 0.2) is 11.7 Å². The van der Waals surface area contributed by atoms with Crippen LogP contribution < -0.4 is 0 Å². The monoisotopic (exact) mass is 499 g/mol. The number of fused-ring (bicyclic) bond motifs is 1. The Bertz CT molecular complexity index is 1510. The summed E-state index contributed by atoms with van der Waals surface area (Å²) in [5.74, 6) is -1.98. The van der Waals surface area contributed by atoms with Gasteiger partial charge in [0.1, 0.15) is 0 Å². The van der Waals surface area contributed by atoms with Gasteiger partial charge in [-0.3, -0.25) is 23.9 Å². The number of imide groups is 1. The van der Waals surface area contributed by atoms with Gasteiger partial charge in [-0.05, 0) is 43.7 Å². The van der Waals surface area contributed by atoms with E-state index in [1.165, 1.54) is 29.5 Å². The molecule has 5 rings (SSSR count). The molecule has 0 saturated carbocycles. The van der Waals surface area contributed by atoms with Crippen LogP contribution in [-0.2, 0) is 11.3 Å². The molecule has 0 atom stereocenters. The molecule has 0 N–H and O–H groups in total. The van der Waals surface area contributed by atoms with Gasteiger partial charge >= 0.3 is 5.97 Å². The van der Waals surface area contributed by atoms with Gasteiger partial charge in [-0.1, -0.05) is 30.3 Å². The molecule has 180 valence electrons. The molecule has 1 aliphatic rings. The van der Waals surface area contributed by atoms with E-state index in [9.17, 15) is 19.2 Å². The second kappa shape index (κ2) is 9.35. The molecular weight excluding hydrogens is 478 g/mol. The highest BCUT2D eigenvalue weighted by molar-refractivity contribution is 7.12. The number of aromatic nitrogens is 2. The molecule has 0 aliphatic carbocycles. The number of ketones is 1. The van der Waals surface area contributed by atoms with Crippen molar-refractivity contribution in [1.82, 2.24) is 14.5 Å². The number of ether oxygens (including phenoxy) is 1. The first-order valence-electron chi connectivity index (χ1n) is 11.2. The number of carbonyl (C=O) groups is 4. The molecule has 0 unspecified atom stereocenters. The van der Waals surface area contributed by atoms with Crippen LogP contribution >= 0.6 is 11.3 Å². The average Bonchev–Trinajstić information content (AvgIpc) is 3.57. The molecule has 4 aromatic rings. The Kier molecular flexibility index (Phi) is 6.07. The van der Waals surface area contributed by atoms with Crippen LogP contribution in [0.25, 0.3) is 5.13 Å². The number of amides is 2. The first-order valence-corrected chi connectivity index (χ1v) is 12.1. The number of Topliss-reactive ketones (excluding diaryl/α,β-unsaturated/α-hetero) is 1. The summed E-state index contributed by atoms with van der Waals surface area (Å²) in [5, 5.41) is 2.60. The van der Waals surface area contributed by atoms with E-state index >= 15 is 0 Å². The Balaban J connectivity index is 1.28. The van der Waals surface area contributed by atoms with Crippen molar-refractivity contribution in [3.63, 3.8) is 0 Å². The lowest BCUT2D eigenvalue weighted by Gasteiger charge is -2.13. The van der Waals surface area contributed by atoms with E-state index < -0.39 is 24.4 Å². The van der Waals surface area contributed by atoms with E-state index in [4.69, 9.17) is 4.74 Å². The van der Waals surface area contributed by atoms with Gasteiger partial charge < -0.3 is 4.74 Å². The average molecular weight is 500 g/mol. The zero-order valence-corrected chi connectivity index (χ0v) is 20.4. The van der Waals surface area contributed by atoms with Crippen LogP contribution in [0.5, 0.6) is 0 Å². The van der Waals surface area contributed by atoms with Crippen molar-refractivity contribution in [2.45, 2.75) is 20.4 Å². The minimum atomic E-state index is -0.748. The van der Waals surface area contributed by atoms with E-state index in [2.05, 4.69) is 4.98 Å². The number of esters is 1. The van der Waals surface area contributed by atoms with Crippen molar-refractivity contribution in [1.29, 1.82) is 0 Å². The number of benzene rings is 2. The Hall–Kier alpha value is -4.37. The molecule has 9 heteroatoms. The van der Waals surface area contributed by atoms with Gasteiger partial charge in [-0.2, -0.15) is 0 Å². The molecule has 8 nitrogen and oxygen atoms in total. The fraction of sp³-hybridized carbons (Fsp3) is 0.148. The topological polar surface area (TPSA) is 98.6 Å². The van der Waals surface area contributed by atoms with Crippen molar-refractivity contribution in [3.8, 4) is 5.13 Å². The standard InChI is InChI=1S/C27H21N3O5S/c1-16-12-21(17(2)30(16)27-28-10-11-36-27)23(31)15-35-26(34)19-8-9-20-22(13-19)25(33)29(24(20)32)14-18-6-4-3-5-7-18/h3-13H,14-15H2,1-2H3. The summed E-state index contributed by atoms with van der Waals surface area (Å²) in [4.78, 5) is 56.6. The van der Waals surface area contributed by atoms with Crippen molar-refractivity contribution >= 4 is 34.9 Å². The van der Waals surface area contributed by atoms with Crippen molar-refractivity contribution in [3.05, 3.63) is 105 Å². The van der Waals surface area contributed by atoms with Crippen molar-refractivity contribution in [2.75, 3.05) is 6.61 Å². The summed E-state index contributed by atoms with van der Waals surface area (Å²) in [5.41, 5.74) is 3.29. The second-order valence-corrected chi connectivity index (χ2v) is 9.25. The Morgan fingerprint density at radius 1 is 0.972 bits per heavy atom. The first kappa shape index (κ1) is 23.4. The van der Waals surface area contributed by atoms with Crippen molar-refractivity contribution < 1.29 is 23.9 Å². The third-order valence-corrected chi connectivity index (χ3v) is 6.82. The molecule has 36 heavy (non-hydrogen) atoms. The first-order chi connectivity index (χ1) is 17.3. The molecule has 0 fully saturated rings. The molecule has 2 amide bonds. The van der Waals surface area contributed by atoms with Crippen LogP contribution in [0.3, 0.4) is 0 Å². The molecule has 1 aliphatic heterocycles. The number of aryl methyl sites for hydroxylation is 1. The number of hydrogen-bond donors (Lipinski definition) is 0. The Morgan fingerprint density at radius 3 is 2.44 bits per heavy atom. The second-order valence-electron chi connectivity index (χ2n) is 8.38. The lowest BCUT2D eigenvalue weighted by atomic mass is 10.1. The summed E-state index contributed by atoms with van der Waals surface area (Å²) in [7, 11) is 0. The van der Waals surface area contributed by atoms with Crippen LogP contribution in [0.2, 0.25) is 0 Å². The van der Waals surface area contributed by atoms with E-state index in [-0.39, 0.29) is 29.0 Å². The fourth-order valence-corrected chi connectivity index (χ4v) is 5.04. The third kappa shape index (κ3) is 4.14. The van der Waals surface area contributed by atoms with Gasteiger partial charge in [0.2, 0.25) is 5.78 Å². The van der Waals surface area contributed by atoms with E-state index in [0.717, 1.165) is 21.3 Å². The highest BCUT2D eigenvalue weighted by Gasteiger charge is 2.36. The molecule has 3 heterocycles. The molecular formula is C27H21N3O5S. The summed E-state index contributed by atoms with van der Waals surface area (Å²) in [6, 6.07) is 15.1. The lowest BCUT2D eigenvalue weighted by Crippen LogP contribution is -2.29. The maximum Gasteiger partial charge on any atom is 0.338 e. The number of thiazole rings is 1. The minimum absolute atomic E-state index is 0.0949. The largest absolute Gasteiger partial charge is 0.454 e. The van der Waals surface area contributed by atoms with Gasteiger partial charge in [0, 0.05) is 28.5 Å². The highest BCUT2D eigenvalue weighted by Crippen LogP contribution is 2.26. The Morgan fingerprint density at radius 2 is 1.72 bits per heavy atom. The number of rotatable bonds is 7. The molecule has 0 bridgehead atoms. The minimum Gasteiger partial charge on any atom is -0.454 e. The van der Waals surface area contributed by atoms with Crippen LogP contribution in [0, 0.1) is 13.8 Å².